The van der Waals surface area contributed by atoms with Crippen molar-refractivity contribution in [3.8, 4) is 5.75 Å². The first-order valence-electron chi connectivity index (χ1n) is 5.34. The summed E-state index contributed by atoms with van der Waals surface area (Å²) in [5.41, 5.74) is 0.570. The van der Waals surface area contributed by atoms with Gasteiger partial charge in [-0.2, -0.15) is 0 Å². The zero-order valence-corrected chi connectivity index (χ0v) is 9.43. The van der Waals surface area contributed by atoms with Crippen molar-refractivity contribution < 1.29 is 4.74 Å². The summed E-state index contributed by atoms with van der Waals surface area (Å²) >= 11 is 0. The largest absolute Gasteiger partial charge is 0.492 e. The first kappa shape index (κ1) is 11.2. The number of nitrogens with one attached hydrogen (secondary N) is 2. The van der Waals surface area contributed by atoms with E-state index in [2.05, 4.69) is 15.3 Å². The highest BCUT2D eigenvalue weighted by Gasteiger charge is 2.03. The highest BCUT2D eigenvalue weighted by molar-refractivity contribution is 5.62. The molecule has 0 spiro atoms. The Balaban J connectivity index is 2.26. The number of nitrogens with zero attached hydrogens (tertiary/aromatic N) is 1. The maximum Gasteiger partial charge on any atom is 0.252 e. The van der Waals surface area contributed by atoms with E-state index in [9.17, 15) is 4.79 Å². The van der Waals surface area contributed by atoms with E-state index in [0.717, 1.165) is 11.4 Å². The number of anilines is 2. The fourth-order valence-electron chi connectivity index (χ4n) is 1.41. The van der Waals surface area contributed by atoms with Gasteiger partial charge in [-0.05, 0) is 19.1 Å². The average molecular weight is 231 g/mol. The predicted octanol–water partition coefficient (Wildman–Crippen LogP) is 1.91. The third-order valence-corrected chi connectivity index (χ3v) is 2.11. The number of hydrogen-bond acceptors (Lipinski definition) is 4. The minimum atomic E-state index is -0.198. The minimum Gasteiger partial charge on any atom is -0.492 e. The second-order valence-corrected chi connectivity index (χ2v) is 3.34. The van der Waals surface area contributed by atoms with Gasteiger partial charge in [0, 0.05) is 12.3 Å². The number of rotatable bonds is 4. The van der Waals surface area contributed by atoms with Crippen molar-refractivity contribution in [3.05, 3.63) is 46.9 Å². The number of benzene rings is 1. The zero-order chi connectivity index (χ0) is 12.1. The Morgan fingerprint density at radius 2 is 2.18 bits per heavy atom. The van der Waals surface area contributed by atoms with Crippen LogP contribution in [0.3, 0.4) is 0 Å². The molecule has 2 N–H and O–H groups in total. The third kappa shape index (κ3) is 2.84. The quantitative estimate of drug-likeness (QED) is 0.843. The average Bonchev–Trinajstić information content (AvgIpc) is 2.32. The fourth-order valence-corrected chi connectivity index (χ4v) is 1.41. The van der Waals surface area contributed by atoms with Crippen LogP contribution in [0.2, 0.25) is 0 Å². The van der Waals surface area contributed by atoms with E-state index < -0.39 is 0 Å². The van der Waals surface area contributed by atoms with E-state index in [-0.39, 0.29) is 5.56 Å². The molecule has 0 aliphatic carbocycles. The molecule has 1 aromatic carbocycles. The smallest absolute Gasteiger partial charge is 0.252 e. The second kappa shape index (κ2) is 5.16. The van der Waals surface area contributed by atoms with E-state index in [1.807, 2.05) is 31.2 Å². The predicted molar refractivity (Wildman–Crippen MR) is 65.8 cm³/mol. The number of ether oxygens (including phenoxy) is 1. The van der Waals surface area contributed by atoms with Gasteiger partial charge in [0.15, 0.2) is 0 Å². The second-order valence-electron chi connectivity index (χ2n) is 3.34. The van der Waals surface area contributed by atoms with Crippen molar-refractivity contribution in [1.29, 1.82) is 0 Å². The number of para-hydroxylation sites is 2. The molecular weight excluding hydrogens is 218 g/mol. The lowest BCUT2D eigenvalue weighted by Gasteiger charge is -2.10. The van der Waals surface area contributed by atoms with Crippen LogP contribution in [-0.2, 0) is 0 Å². The molecule has 2 aromatic rings. The highest BCUT2D eigenvalue weighted by Crippen LogP contribution is 2.25. The maximum atomic E-state index is 11.1. The van der Waals surface area contributed by atoms with E-state index in [1.165, 1.54) is 12.3 Å². The summed E-state index contributed by atoms with van der Waals surface area (Å²) in [6, 6.07) is 8.84. The molecule has 0 radical (unpaired) electrons. The van der Waals surface area contributed by atoms with Crippen LogP contribution in [0.5, 0.6) is 5.75 Å². The van der Waals surface area contributed by atoms with Crippen molar-refractivity contribution >= 4 is 11.6 Å². The van der Waals surface area contributed by atoms with Crippen molar-refractivity contribution in [1.82, 2.24) is 9.97 Å². The molecule has 0 saturated heterocycles. The molecule has 0 fully saturated rings. The monoisotopic (exact) mass is 231 g/mol. The van der Waals surface area contributed by atoms with Gasteiger partial charge in [-0.25, -0.2) is 4.98 Å². The van der Waals surface area contributed by atoms with Crippen LogP contribution in [0.15, 0.2) is 41.3 Å². The Morgan fingerprint density at radius 3 is 2.94 bits per heavy atom. The Labute approximate surface area is 98.5 Å². The lowest BCUT2D eigenvalue weighted by atomic mass is 10.3. The van der Waals surface area contributed by atoms with E-state index in [1.54, 1.807) is 0 Å². The highest BCUT2D eigenvalue weighted by atomic mass is 16.5. The van der Waals surface area contributed by atoms with Crippen LogP contribution in [0.25, 0.3) is 0 Å². The molecule has 1 aromatic heterocycles. The van der Waals surface area contributed by atoms with Crippen molar-refractivity contribution in [3.63, 3.8) is 0 Å². The molecule has 1 heterocycles. The Bertz CT molecular complexity index is 551. The normalized spacial score (nSPS) is 9.94. The summed E-state index contributed by atoms with van der Waals surface area (Å²) < 4.78 is 5.46. The van der Waals surface area contributed by atoms with Gasteiger partial charge in [0.25, 0.3) is 5.56 Å². The summed E-state index contributed by atoms with van der Waals surface area (Å²) in [7, 11) is 0. The molecule has 5 heteroatoms. The van der Waals surface area contributed by atoms with Crippen LogP contribution < -0.4 is 15.6 Å². The first-order valence-corrected chi connectivity index (χ1v) is 5.34. The molecular formula is C12H13N3O2. The molecule has 0 aliphatic heterocycles. The number of aromatic nitrogens is 2. The third-order valence-electron chi connectivity index (χ3n) is 2.11. The molecule has 0 atom stereocenters. The topological polar surface area (TPSA) is 67.0 Å². The summed E-state index contributed by atoms with van der Waals surface area (Å²) in [6.07, 6.45) is 1.45. The first-order chi connectivity index (χ1) is 8.29. The SMILES string of the molecule is CCOc1ccccc1Nc1nccc(=O)[nH]1. The van der Waals surface area contributed by atoms with Gasteiger partial charge in [-0.3, -0.25) is 9.78 Å². The molecule has 0 saturated carbocycles. The lowest BCUT2D eigenvalue weighted by molar-refractivity contribution is 0.342. The summed E-state index contributed by atoms with van der Waals surface area (Å²) in [6.45, 7) is 2.50. The van der Waals surface area contributed by atoms with Crippen molar-refractivity contribution in [2.24, 2.45) is 0 Å². The molecule has 88 valence electrons. The van der Waals surface area contributed by atoms with Gasteiger partial charge in [-0.1, -0.05) is 12.1 Å². The Kier molecular flexibility index (Phi) is 3.40. The van der Waals surface area contributed by atoms with Crippen LogP contribution in [0, 0.1) is 0 Å². The van der Waals surface area contributed by atoms with Gasteiger partial charge in [0.05, 0.1) is 12.3 Å². The number of H-pyrrole nitrogens is 1. The van der Waals surface area contributed by atoms with Gasteiger partial charge in [0.2, 0.25) is 5.95 Å². The van der Waals surface area contributed by atoms with Crippen molar-refractivity contribution in [2.45, 2.75) is 6.92 Å². The minimum absolute atomic E-state index is 0.198. The zero-order valence-electron chi connectivity index (χ0n) is 9.43. The summed E-state index contributed by atoms with van der Waals surface area (Å²) in [5.74, 6) is 1.12. The molecule has 0 bridgehead atoms. The molecule has 0 unspecified atom stereocenters. The van der Waals surface area contributed by atoms with Gasteiger partial charge >= 0.3 is 0 Å². The maximum absolute atomic E-state index is 11.1. The summed E-state index contributed by atoms with van der Waals surface area (Å²) in [4.78, 5) is 17.7. The van der Waals surface area contributed by atoms with Crippen LogP contribution in [0.4, 0.5) is 11.6 Å². The molecule has 2 rings (SSSR count). The van der Waals surface area contributed by atoms with Crippen LogP contribution in [0.1, 0.15) is 6.92 Å². The van der Waals surface area contributed by atoms with E-state index >= 15 is 0 Å². The number of hydrogen-bond donors (Lipinski definition) is 2. The van der Waals surface area contributed by atoms with Gasteiger partial charge in [0.1, 0.15) is 5.75 Å². The Morgan fingerprint density at radius 1 is 1.35 bits per heavy atom. The van der Waals surface area contributed by atoms with Gasteiger partial charge in [-0.15, -0.1) is 0 Å². The summed E-state index contributed by atoms with van der Waals surface area (Å²) in [5, 5.41) is 3.01. The molecule has 17 heavy (non-hydrogen) atoms. The van der Waals surface area contributed by atoms with E-state index in [4.69, 9.17) is 4.74 Å². The van der Waals surface area contributed by atoms with E-state index in [0.29, 0.717) is 12.6 Å². The fraction of sp³-hybridized carbons (Fsp3) is 0.167. The molecule has 0 amide bonds. The standard InChI is InChI=1S/C12H13N3O2/c1-2-17-10-6-4-3-5-9(10)14-12-13-8-7-11(16)15-12/h3-8H,2H2,1H3,(H2,13,14,15,16). The molecule has 5 nitrogen and oxygen atoms in total. The number of aromatic amines is 1. The van der Waals surface area contributed by atoms with Crippen LogP contribution >= 0.6 is 0 Å². The molecule has 0 aliphatic rings. The lowest BCUT2D eigenvalue weighted by Crippen LogP contribution is -2.08. The van der Waals surface area contributed by atoms with Crippen molar-refractivity contribution in [2.75, 3.05) is 11.9 Å². The van der Waals surface area contributed by atoms with Crippen LogP contribution in [-0.4, -0.2) is 16.6 Å². The van der Waals surface area contributed by atoms with Gasteiger partial charge < -0.3 is 10.1 Å². The Hall–Kier alpha value is -2.30.